The molecule has 2 aromatic rings. The minimum Gasteiger partial charge on any atom is -0.494 e. The number of nitrogens with one attached hydrogen (secondary N) is 3. The highest BCUT2D eigenvalue weighted by Gasteiger charge is 2.54. The minimum absolute atomic E-state index is 0.331. The van der Waals surface area contributed by atoms with Crippen molar-refractivity contribution in [3.8, 4) is 5.75 Å². The van der Waals surface area contributed by atoms with Gasteiger partial charge in [0, 0.05) is 24.1 Å². The van der Waals surface area contributed by atoms with Crippen molar-refractivity contribution in [3.05, 3.63) is 48.3 Å². The number of carbonyl (C=O) groups excluding carboxylic acids is 4. The maximum atomic E-state index is 12.9. The fourth-order valence-corrected chi connectivity index (χ4v) is 4.24. The van der Waals surface area contributed by atoms with Crippen molar-refractivity contribution < 1.29 is 23.9 Å². The van der Waals surface area contributed by atoms with Gasteiger partial charge in [-0.15, -0.1) is 0 Å². The fourth-order valence-electron chi connectivity index (χ4n) is 4.24. The van der Waals surface area contributed by atoms with Gasteiger partial charge in [-0.3, -0.25) is 19.4 Å². The summed E-state index contributed by atoms with van der Waals surface area (Å²) < 4.78 is 5.35. The van der Waals surface area contributed by atoms with E-state index in [1.54, 1.807) is 36.5 Å². The lowest BCUT2D eigenvalue weighted by atomic mass is 9.97. The summed E-state index contributed by atoms with van der Waals surface area (Å²) in [5, 5.41) is 8.23. The maximum Gasteiger partial charge on any atom is 0.325 e. The van der Waals surface area contributed by atoms with Crippen LogP contribution >= 0.6 is 0 Å². The van der Waals surface area contributed by atoms with Gasteiger partial charge in [0.05, 0.1) is 18.4 Å². The number of anilines is 2. The predicted octanol–water partition coefficient (Wildman–Crippen LogP) is 2.53. The van der Waals surface area contributed by atoms with Crippen molar-refractivity contribution in [2.24, 2.45) is 0 Å². The van der Waals surface area contributed by atoms with Crippen LogP contribution in [0, 0.1) is 0 Å². The lowest BCUT2D eigenvalue weighted by Crippen LogP contribution is -2.48. The number of carbonyl (C=O) groups is 4. The number of nitrogens with zero attached hydrogens (tertiary/aromatic N) is 2. The van der Waals surface area contributed by atoms with Crippen molar-refractivity contribution in [2.75, 3.05) is 17.7 Å². The smallest absolute Gasteiger partial charge is 0.325 e. The van der Waals surface area contributed by atoms with Crippen LogP contribution in [0.3, 0.4) is 0 Å². The summed E-state index contributed by atoms with van der Waals surface area (Å²) in [4.78, 5) is 55.5. The molecule has 10 nitrogen and oxygen atoms in total. The van der Waals surface area contributed by atoms with E-state index in [0.717, 1.165) is 17.7 Å². The summed E-state index contributed by atoms with van der Waals surface area (Å²) in [5.74, 6) is -0.884. The lowest BCUT2D eigenvalue weighted by molar-refractivity contribution is -0.136. The van der Waals surface area contributed by atoms with Crippen molar-refractivity contribution in [2.45, 2.75) is 44.2 Å². The Labute approximate surface area is 190 Å². The van der Waals surface area contributed by atoms with E-state index in [1.165, 1.54) is 20.2 Å². The Morgan fingerprint density at radius 3 is 2.61 bits per heavy atom. The first-order valence-corrected chi connectivity index (χ1v) is 10.7. The number of amides is 5. The van der Waals surface area contributed by atoms with Gasteiger partial charge in [-0.2, -0.15) is 0 Å². The molecule has 172 valence electrons. The molecule has 1 aliphatic carbocycles. The Kier molecular flexibility index (Phi) is 5.99. The number of pyridine rings is 1. The van der Waals surface area contributed by atoms with Crippen molar-refractivity contribution >= 4 is 35.1 Å². The Bertz CT molecular complexity index is 1100. The van der Waals surface area contributed by atoms with Crippen LogP contribution in [0.1, 0.15) is 43.0 Å². The van der Waals surface area contributed by atoms with Crippen LogP contribution in [0.25, 0.3) is 0 Å². The normalized spacial score (nSPS) is 17.6. The zero-order valence-corrected chi connectivity index (χ0v) is 18.4. The number of imide groups is 1. The Balaban J connectivity index is 1.45. The first-order valence-electron chi connectivity index (χ1n) is 10.7. The molecule has 1 aliphatic heterocycles. The molecule has 1 spiro atoms. The Morgan fingerprint density at radius 2 is 1.94 bits per heavy atom. The molecule has 1 atom stereocenters. The summed E-state index contributed by atoms with van der Waals surface area (Å²) in [7, 11) is 1.44. The molecule has 1 saturated carbocycles. The van der Waals surface area contributed by atoms with Gasteiger partial charge < -0.3 is 20.7 Å². The van der Waals surface area contributed by atoms with Crippen LogP contribution in [-0.2, 0) is 9.59 Å². The van der Waals surface area contributed by atoms with Crippen LogP contribution in [0.2, 0.25) is 0 Å². The summed E-state index contributed by atoms with van der Waals surface area (Å²) in [5.41, 5.74) is 0.322. The second-order valence-corrected chi connectivity index (χ2v) is 8.17. The minimum atomic E-state index is -0.992. The molecule has 2 aliphatic rings. The topological polar surface area (TPSA) is 130 Å². The van der Waals surface area contributed by atoms with Gasteiger partial charge >= 0.3 is 6.03 Å². The average molecular weight is 451 g/mol. The third kappa shape index (κ3) is 4.23. The summed E-state index contributed by atoms with van der Waals surface area (Å²) >= 11 is 0. The maximum absolute atomic E-state index is 12.9. The molecular formula is C23H25N5O5. The van der Waals surface area contributed by atoms with E-state index in [1.807, 2.05) is 0 Å². The highest BCUT2D eigenvalue weighted by atomic mass is 16.5. The number of urea groups is 1. The fraction of sp³-hybridized carbons (Fsp3) is 0.348. The van der Waals surface area contributed by atoms with E-state index in [4.69, 9.17) is 4.74 Å². The second kappa shape index (κ2) is 8.89. The first kappa shape index (κ1) is 22.3. The van der Waals surface area contributed by atoms with Crippen molar-refractivity contribution in [1.29, 1.82) is 0 Å². The molecule has 0 radical (unpaired) electrons. The van der Waals surface area contributed by atoms with Crippen LogP contribution in [-0.4, -0.2) is 52.3 Å². The highest BCUT2D eigenvalue weighted by Crippen LogP contribution is 2.36. The van der Waals surface area contributed by atoms with Crippen LogP contribution in [0.4, 0.5) is 16.2 Å². The highest BCUT2D eigenvalue weighted by molar-refractivity contribution is 6.11. The van der Waals surface area contributed by atoms with E-state index >= 15 is 0 Å². The lowest BCUT2D eigenvalue weighted by Gasteiger charge is -2.23. The number of hydrogen-bond donors (Lipinski definition) is 3. The van der Waals surface area contributed by atoms with Gasteiger partial charge in [0.15, 0.2) is 0 Å². The molecule has 3 N–H and O–H groups in total. The molecule has 10 heteroatoms. The number of hydrogen-bond acceptors (Lipinski definition) is 6. The summed E-state index contributed by atoms with van der Waals surface area (Å²) in [6, 6.07) is 6.49. The van der Waals surface area contributed by atoms with Crippen molar-refractivity contribution in [3.63, 3.8) is 0 Å². The van der Waals surface area contributed by atoms with Gasteiger partial charge in [0.2, 0.25) is 5.91 Å². The molecule has 0 bridgehead atoms. The molecular weight excluding hydrogens is 426 g/mol. The van der Waals surface area contributed by atoms with Crippen molar-refractivity contribution in [1.82, 2.24) is 15.2 Å². The van der Waals surface area contributed by atoms with Crippen LogP contribution in [0.5, 0.6) is 5.75 Å². The van der Waals surface area contributed by atoms with Gasteiger partial charge in [0.1, 0.15) is 17.3 Å². The van der Waals surface area contributed by atoms with Gasteiger partial charge in [-0.25, -0.2) is 9.69 Å². The molecule has 2 heterocycles. The summed E-state index contributed by atoms with van der Waals surface area (Å²) in [6.45, 7) is 1.51. The number of aromatic nitrogens is 1. The van der Waals surface area contributed by atoms with Crippen LogP contribution < -0.4 is 20.7 Å². The molecule has 1 aromatic carbocycles. The molecule has 1 unspecified atom stereocenters. The average Bonchev–Trinajstić information content (AvgIpc) is 3.38. The number of methoxy groups -OCH3 is 1. The Morgan fingerprint density at radius 1 is 1.18 bits per heavy atom. The van der Waals surface area contributed by atoms with E-state index < -0.39 is 23.5 Å². The zero-order chi connectivity index (χ0) is 23.6. The molecule has 2 fully saturated rings. The van der Waals surface area contributed by atoms with E-state index in [9.17, 15) is 19.2 Å². The van der Waals surface area contributed by atoms with Gasteiger partial charge in [-0.05, 0) is 44.0 Å². The summed E-state index contributed by atoms with van der Waals surface area (Å²) in [6.07, 6.45) is 5.93. The van der Waals surface area contributed by atoms with E-state index in [2.05, 4.69) is 20.9 Å². The molecule has 4 rings (SSSR count). The standard InChI is InChI=1S/C23H25N5O5/c1-14(28-21(31)23(27-22(28)32)9-3-4-10-23)19(29)25-16-7-8-17(18(12-16)33-2)26-20(30)15-6-5-11-24-13-15/h5-8,11-14H,3-4,9-10H2,1-2H3,(H,25,29)(H,26,30)(H,27,32). The first-order chi connectivity index (χ1) is 15.8. The van der Waals surface area contributed by atoms with Crippen LogP contribution in [0.15, 0.2) is 42.7 Å². The quantitative estimate of drug-likeness (QED) is 0.579. The number of benzene rings is 1. The number of rotatable bonds is 6. The zero-order valence-electron chi connectivity index (χ0n) is 18.4. The van der Waals surface area contributed by atoms with Gasteiger partial charge in [0.25, 0.3) is 11.8 Å². The monoisotopic (exact) mass is 451 g/mol. The SMILES string of the molecule is COc1cc(NC(=O)C(C)N2C(=O)NC3(CCCC3)C2=O)ccc1NC(=O)c1cccnc1. The number of ether oxygens (including phenoxy) is 1. The second-order valence-electron chi connectivity index (χ2n) is 8.17. The van der Waals surface area contributed by atoms with Gasteiger partial charge in [-0.1, -0.05) is 12.8 Å². The molecule has 5 amide bonds. The Hall–Kier alpha value is -3.95. The van der Waals surface area contributed by atoms with E-state index in [0.29, 0.717) is 35.5 Å². The third-order valence-electron chi connectivity index (χ3n) is 6.06. The molecule has 1 saturated heterocycles. The van der Waals surface area contributed by atoms with E-state index in [-0.39, 0.29) is 11.8 Å². The predicted molar refractivity (Wildman–Crippen MR) is 120 cm³/mol. The largest absolute Gasteiger partial charge is 0.494 e. The molecule has 1 aromatic heterocycles. The third-order valence-corrected chi connectivity index (χ3v) is 6.06. The molecule has 33 heavy (non-hydrogen) atoms.